The third-order valence-electron chi connectivity index (χ3n) is 2.94. The van der Waals surface area contributed by atoms with Gasteiger partial charge in [-0.25, -0.2) is 4.68 Å². The van der Waals surface area contributed by atoms with Crippen molar-refractivity contribution in [3.05, 3.63) is 21.6 Å². The molecule has 0 amide bonds. The van der Waals surface area contributed by atoms with Gasteiger partial charge in [0, 0.05) is 13.1 Å². The van der Waals surface area contributed by atoms with Gasteiger partial charge in [0.15, 0.2) is 0 Å². The van der Waals surface area contributed by atoms with Crippen LogP contribution in [0.2, 0.25) is 5.02 Å². The molecule has 1 heterocycles. The third kappa shape index (κ3) is 5.20. The van der Waals surface area contributed by atoms with E-state index in [9.17, 15) is 18.0 Å². The Labute approximate surface area is 124 Å². The van der Waals surface area contributed by atoms with Crippen molar-refractivity contribution in [1.82, 2.24) is 9.78 Å². The summed E-state index contributed by atoms with van der Waals surface area (Å²) in [5, 5.41) is 6.79. The van der Waals surface area contributed by atoms with Crippen molar-refractivity contribution in [2.45, 2.75) is 25.6 Å². The number of rotatable bonds is 7. The van der Waals surface area contributed by atoms with E-state index in [1.165, 1.54) is 10.9 Å². The minimum atomic E-state index is -4.36. The molecule has 1 fully saturated rings. The van der Waals surface area contributed by atoms with Crippen molar-refractivity contribution in [3.63, 3.8) is 0 Å². The van der Waals surface area contributed by atoms with Gasteiger partial charge < -0.3 is 10.1 Å². The van der Waals surface area contributed by atoms with Crippen molar-refractivity contribution >= 4 is 17.3 Å². The molecular weight excluding hydrogens is 311 g/mol. The fourth-order valence-corrected chi connectivity index (χ4v) is 1.93. The summed E-state index contributed by atoms with van der Waals surface area (Å²) in [5.74, 6) is 0.472. The molecule has 0 unspecified atom stereocenters. The molecule has 0 atom stereocenters. The fourth-order valence-electron chi connectivity index (χ4n) is 1.74. The molecule has 0 aliphatic heterocycles. The average Bonchev–Trinajstić information content (AvgIpc) is 3.19. The lowest BCUT2D eigenvalue weighted by Crippen LogP contribution is -2.28. The summed E-state index contributed by atoms with van der Waals surface area (Å²) >= 11 is 5.88. The summed E-state index contributed by atoms with van der Waals surface area (Å²) in [6, 6.07) is 0. The quantitative estimate of drug-likeness (QED) is 0.782. The molecular formula is C12H15ClF3N3O2. The van der Waals surface area contributed by atoms with Gasteiger partial charge in [-0.2, -0.15) is 18.3 Å². The average molecular weight is 326 g/mol. The second-order valence-electron chi connectivity index (χ2n) is 4.89. The highest BCUT2D eigenvalue weighted by Gasteiger charge is 2.27. The monoisotopic (exact) mass is 325 g/mol. The van der Waals surface area contributed by atoms with Crippen molar-refractivity contribution < 1.29 is 17.9 Å². The number of nitrogens with zero attached hydrogens (tertiary/aromatic N) is 2. The molecule has 5 nitrogen and oxygen atoms in total. The highest BCUT2D eigenvalue weighted by atomic mass is 35.5. The zero-order valence-electron chi connectivity index (χ0n) is 11.1. The maximum absolute atomic E-state index is 12.1. The van der Waals surface area contributed by atoms with Crippen LogP contribution in [0.3, 0.4) is 0 Å². The Balaban J connectivity index is 1.88. The molecule has 1 aromatic rings. The largest absolute Gasteiger partial charge is 0.411 e. The van der Waals surface area contributed by atoms with Crippen molar-refractivity contribution in [1.29, 1.82) is 0 Å². The first-order valence-corrected chi connectivity index (χ1v) is 6.88. The minimum Gasteiger partial charge on any atom is -0.377 e. The van der Waals surface area contributed by atoms with Crippen LogP contribution in [0.5, 0.6) is 0 Å². The Morgan fingerprint density at radius 2 is 2.19 bits per heavy atom. The standard InChI is InChI=1S/C12H15ClF3N3O2/c13-9-5-18-19(6-8-1-2-8)11(20)10(9)17-3-4-21-7-12(14,15)16/h5,8,17H,1-4,6-7H2. The van der Waals surface area contributed by atoms with Crippen LogP contribution in [0, 0.1) is 5.92 Å². The van der Waals surface area contributed by atoms with E-state index in [0.29, 0.717) is 12.5 Å². The third-order valence-corrected chi connectivity index (χ3v) is 3.23. The van der Waals surface area contributed by atoms with Crippen LogP contribution < -0.4 is 10.9 Å². The Morgan fingerprint density at radius 3 is 2.81 bits per heavy atom. The fraction of sp³-hybridized carbons (Fsp3) is 0.667. The van der Waals surface area contributed by atoms with Crippen LogP contribution in [0.25, 0.3) is 0 Å². The summed E-state index contributed by atoms with van der Waals surface area (Å²) in [4.78, 5) is 12.1. The molecule has 21 heavy (non-hydrogen) atoms. The minimum absolute atomic E-state index is 0.0540. The summed E-state index contributed by atoms with van der Waals surface area (Å²) in [5.41, 5.74) is -0.229. The first-order chi connectivity index (χ1) is 9.87. The van der Waals surface area contributed by atoms with Crippen LogP contribution >= 0.6 is 11.6 Å². The summed E-state index contributed by atoms with van der Waals surface area (Å²) in [7, 11) is 0. The highest BCUT2D eigenvalue weighted by Crippen LogP contribution is 2.30. The first kappa shape index (κ1) is 16.1. The molecule has 118 valence electrons. The molecule has 1 aromatic heterocycles. The molecule has 2 rings (SSSR count). The molecule has 0 bridgehead atoms. The summed E-state index contributed by atoms with van der Waals surface area (Å²) in [6.45, 7) is -0.904. The van der Waals surface area contributed by atoms with Gasteiger partial charge in [-0.15, -0.1) is 0 Å². The normalized spacial score (nSPS) is 15.2. The number of nitrogens with one attached hydrogen (secondary N) is 1. The predicted molar refractivity (Wildman–Crippen MR) is 71.6 cm³/mol. The number of halogens is 4. The van der Waals surface area contributed by atoms with Gasteiger partial charge in [-0.1, -0.05) is 11.6 Å². The van der Waals surface area contributed by atoms with E-state index >= 15 is 0 Å². The van der Waals surface area contributed by atoms with Crippen LogP contribution in [-0.2, 0) is 11.3 Å². The van der Waals surface area contributed by atoms with E-state index in [-0.39, 0.29) is 29.4 Å². The number of ether oxygens (including phenoxy) is 1. The molecule has 1 aliphatic rings. The molecule has 9 heteroatoms. The van der Waals surface area contributed by atoms with Gasteiger partial charge >= 0.3 is 6.18 Å². The zero-order valence-corrected chi connectivity index (χ0v) is 11.9. The summed E-state index contributed by atoms with van der Waals surface area (Å²) in [6.07, 6.45) is -0.856. The maximum atomic E-state index is 12.1. The SMILES string of the molecule is O=c1c(NCCOCC(F)(F)F)c(Cl)cnn1CC1CC1. The second-order valence-corrected chi connectivity index (χ2v) is 5.30. The number of alkyl halides is 3. The van der Waals surface area contributed by atoms with Gasteiger partial charge in [0.1, 0.15) is 12.3 Å². The van der Waals surface area contributed by atoms with Crippen LogP contribution in [0.4, 0.5) is 18.9 Å². The maximum Gasteiger partial charge on any atom is 0.411 e. The number of hydrogen-bond acceptors (Lipinski definition) is 4. The molecule has 1 saturated carbocycles. The van der Waals surface area contributed by atoms with E-state index in [2.05, 4.69) is 15.2 Å². The van der Waals surface area contributed by atoms with Crippen molar-refractivity contribution in [2.24, 2.45) is 5.92 Å². The molecule has 1 N–H and O–H groups in total. The number of aromatic nitrogens is 2. The van der Waals surface area contributed by atoms with E-state index in [1.54, 1.807) is 0 Å². The smallest absolute Gasteiger partial charge is 0.377 e. The topological polar surface area (TPSA) is 56.1 Å². The van der Waals surface area contributed by atoms with Gasteiger partial charge in [0.25, 0.3) is 5.56 Å². The van der Waals surface area contributed by atoms with E-state index in [4.69, 9.17) is 11.6 Å². The molecule has 0 saturated heterocycles. The van der Waals surface area contributed by atoms with Gasteiger partial charge in [0.2, 0.25) is 0 Å². The van der Waals surface area contributed by atoms with Gasteiger partial charge in [-0.05, 0) is 18.8 Å². The lowest BCUT2D eigenvalue weighted by Gasteiger charge is -2.11. The van der Waals surface area contributed by atoms with Crippen molar-refractivity contribution in [3.8, 4) is 0 Å². The first-order valence-electron chi connectivity index (χ1n) is 6.51. The van der Waals surface area contributed by atoms with E-state index in [0.717, 1.165) is 12.8 Å². The molecule has 0 radical (unpaired) electrons. The summed E-state index contributed by atoms with van der Waals surface area (Å²) < 4.78 is 41.4. The lowest BCUT2D eigenvalue weighted by atomic mass is 10.4. The second kappa shape index (κ2) is 6.65. The Morgan fingerprint density at radius 1 is 1.48 bits per heavy atom. The Kier molecular flexibility index (Phi) is 5.10. The van der Waals surface area contributed by atoms with Gasteiger partial charge in [-0.3, -0.25) is 4.79 Å². The van der Waals surface area contributed by atoms with E-state index in [1.807, 2.05) is 0 Å². The number of anilines is 1. The van der Waals surface area contributed by atoms with Gasteiger partial charge in [0.05, 0.1) is 17.8 Å². The molecule has 0 spiro atoms. The lowest BCUT2D eigenvalue weighted by molar-refractivity contribution is -0.172. The van der Waals surface area contributed by atoms with Crippen LogP contribution in [0.1, 0.15) is 12.8 Å². The predicted octanol–water partition coefficient (Wildman–Crippen LogP) is 2.30. The Hall–Kier alpha value is -1.28. The van der Waals surface area contributed by atoms with Crippen molar-refractivity contribution in [2.75, 3.05) is 25.1 Å². The van der Waals surface area contributed by atoms with Crippen LogP contribution in [0.15, 0.2) is 11.0 Å². The molecule has 0 aromatic carbocycles. The van der Waals surface area contributed by atoms with E-state index < -0.39 is 12.8 Å². The zero-order chi connectivity index (χ0) is 15.5. The number of hydrogen-bond donors (Lipinski definition) is 1. The Bertz CT molecular complexity index is 544. The highest BCUT2D eigenvalue weighted by molar-refractivity contribution is 6.32. The van der Waals surface area contributed by atoms with Crippen LogP contribution in [-0.4, -0.2) is 35.7 Å². The molecule has 1 aliphatic carbocycles.